The molecule has 3 aromatic carbocycles. The van der Waals surface area contributed by atoms with Gasteiger partial charge in [0.15, 0.2) is 0 Å². The normalized spacial score (nSPS) is 10.2. The second-order valence-corrected chi connectivity index (χ2v) is 5.46. The van der Waals surface area contributed by atoms with Gasteiger partial charge in [0.05, 0.1) is 22.7 Å². The Labute approximate surface area is 137 Å². The molecule has 0 saturated heterocycles. The van der Waals surface area contributed by atoms with Gasteiger partial charge in [-0.1, -0.05) is 36.4 Å². The average Bonchev–Trinajstić information content (AvgIpc) is 2.57. The molecular formula is C20H21N3. The predicted octanol–water partition coefficient (Wildman–Crippen LogP) is 5.52. The molecule has 3 aromatic rings. The average molecular weight is 303 g/mol. The zero-order valence-corrected chi connectivity index (χ0v) is 13.4. The van der Waals surface area contributed by atoms with E-state index in [9.17, 15) is 0 Å². The summed E-state index contributed by atoms with van der Waals surface area (Å²) < 4.78 is 0. The van der Waals surface area contributed by atoms with Gasteiger partial charge in [0.2, 0.25) is 0 Å². The molecule has 0 amide bonds. The predicted molar refractivity (Wildman–Crippen MR) is 100 cm³/mol. The van der Waals surface area contributed by atoms with Crippen molar-refractivity contribution in [3.8, 4) is 0 Å². The van der Waals surface area contributed by atoms with Crippen LogP contribution in [0.25, 0.3) is 0 Å². The summed E-state index contributed by atoms with van der Waals surface area (Å²) in [6.45, 7) is 2.10. The molecule has 0 aliphatic heterocycles. The number of nitrogens with one attached hydrogen (secondary N) is 3. The lowest BCUT2D eigenvalue weighted by Crippen LogP contribution is -2.00. The summed E-state index contributed by atoms with van der Waals surface area (Å²) in [7, 11) is 1.93. The maximum absolute atomic E-state index is 3.50. The summed E-state index contributed by atoms with van der Waals surface area (Å²) in [5.41, 5.74) is 6.52. The summed E-state index contributed by atoms with van der Waals surface area (Å²) in [5, 5.41) is 10.2. The Bertz CT molecular complexity index is 796. The Morgan fingerprint density at radius 2 is 1.17 bits per heavy atom. The Balaban J connectivity index is 1.89. The van der Waals surface area contributed by atoms with Crippen molar-refractivity contribution in [2.45, 2.75) is 6.92 Å². The van der Waals surface area contributed by atoms with Gasteiger partial charge in [0.25, 0.3) is 0 Å². The first-order valence-electron chi connectivity index (χ1n) is 7.73. The van der Waals surface area contributed by atoms with Gasteiger partial charge in [-0.25, -0.2) is 0 Å². The van der Waals surface area contributed by atoms with Crippen LogP contribution in [0.3, 0.4) is 0 Å². The summed E-state index contributed by atoms with van der Waals surface area (Å²) in [4.78, 5) is 0. The fourth-order valence-electron chi connectivity index (χ4n) is 2.53. The fourth-order valence-corrected chi connectivity index (χ4v) is 2.53. The molecule has 116 valence electrons. The van der Waals surface area contributed by atoms with Crippen molar-refractivity contribution < 1.29 is 0 Å². The fraction of sp³-hybridized carbons (Fsp3) is 0.100. The van der Waals surface area contributed by atoms with Gasteiger partial charge in [-0.3, -0.25) is 0 Å². The van der Waals surface area contributed by atoms with E-state index in [1.165, 1.54) is 5.56 Å². The van der Waals surface area contributed by atoms with E-state index in [1.54, 1.807) is 0 Å². The molecule has 0 aliphatic carbocycles. The topological polar surface area (TPSA) is 36.1 Å². The molecule has 3 nitrogen and oxygen atoms in total. The smallest absolute Gasteiger partial charge is 0.0624 e. The van der Waals surface area contributed by atoms with Crippen LogP contribution in [0.15, 0.2) is 72.8 Å². The van der Waals surface area contributed by atoms with Crippen LogP contribution in [-0.4, -0.2) is 7.05 Å². The molecule has 0 aliphatic rings. The maximum Gasteiger partial charge on any atom is 0.0624 e. The lowest BCUT2D eigenvalue weighted by Gasteiger charge is -2.16. The van der Waals surface area contributed by atoms with E-state index in [4.69, 9.17) is 0 Å². The number of rotatable bonds is 5. The molecule has 0 fully saturated rings. The Hall–Kier alpha value is -2.94. The van der Waals surface area contributed by atoms with Gasteiger partial charge in [0.1, 0.15) is 0 Å². The molecule has 0 saturated carbocycles. The third-order valence-corrected chi connectivity index (χ3v) is 3.69. The van der Waals surface area contributed by atoms with Gasteiger partial charge >= 0.3 is 0 Å². The van der Waals surface area contributed by atoms with Crippen molar-refractivity contribution in [3.63, 3.8) is 0 Å². The van der Waals surface area contributed by atoms with Crippen LogP contribution in [0, 0.1) is 6.92 Å². The Morgan fingerprint density at radius 3 is 1.78 bits per heavy atom. The van der Waals surface area contributed by atoms with Gasteiger partial charge in [-0.2, -0.15) is 0 Å². The molecule has 0 unspecified atom stereocenters. The molecule has 3 heteroatoms. The first kappa shape index (κ1) is 15.0. The van der Waals surface area contributed by atoms with Crippen LogP contribution < -0.4 is 16.0 Å². The number of hydrogen-bond donors (Lipinski definition) is 3. The van der Waals surface area contributed by atoms with Gasteiger partial charge in [-0.15, -0.1) is 0 Å². The minimum Gasteiger partial charge on any atom is -0.386 e. The number of aryl methyl sites for hydroxylation is 1. The standard InChI is InChI=1S/C20H21N3/c1-15-8-7-9-16(14-15)22-19-12-5-6-13-20(19)23-18-11-4-3-10-17(18)21-2/h3-14,21-23H,1-2H3. The van der Waals surface area contributed by atoms with E-state index in [2.05, 4.69) is 71.4 Å². The van der Waals surface area contributed by atoms with E-state index in [-0.39, 0.29) is 0 Å². The molecular weight excluding hydrogens is 282 g/mol. The van der Waals surface area contributed by atoms with Gasteiger partial charge in [0, 0.05) is 12.7 Å². The summed E-state index contributed by atoms with van der Waals surface area (Å²) >= 11 is 0. The Morgan fingerprint density at radius 1 is 0.609 bits per heavy atom. The monoisotopic (exact) mass is 303 g/mol. The zero-order chi connectivity index (χ0) is 16.1. The van der Waals surface area contributed by atoms with Crippen molar-refractivity contribution >= 4 is 28.4 Å². The van der Waals surface area contributed by atoms with Crippen LogP contribution >= 0.6 is 0 Å². The first-order valence-corrected chi connectivity index (χ1v) is 7.73. The second kappa shape index (κ2) is 6.88. The molecule has 3 N–H and O–H groups in total. The summed E-state index contributed by atoms with van der Waals surface area (Å²) in [6, 6.07) is 24.8. The lowest BCUT2D eigenvalue weighted by molar-refractivity contribution is 1.44. The van der Waals surface area contributed by atoms with Gasteiger partial charge in [-0.05, 0) is 48.9 Å². The van der Waals surface area contributed by atoms with Crippen LogP contribution in [0.2, 0.25) is 0 Å². The van der Waals surface area contributed by atoms with E-state index in [0.717, 1.165) is 28.4 Å². The highest BCUT2D eigenvalue weighted by molar-refractivity contribution is 5.82. The van der Waals surface area contributed by atoms with E-state index in [1.807, 2.05) is 31.3 Å². The SMILES string of the molecule is CNc1ccccc1Nc1ccccc1Nc1cccc(C)c1. The van der Waals surface area contributed by atoms with E-state index >= 15 is 0 Å². The molecule has 3 rings (SSSR count). The first-order chi connectivity index (χ1) is 11.3. The lowest BCUT2D eigenvalue weighted by atomic mass is 10.2. The van der Waals surface area contributed by atoms with Crippen molar-refractivity contribution in [3.05, 3.63) is 78.4 Å². The van der Waals surface area contributed by atoms with Crippen LogP contribution in [0.1, 0.15) is 5.56 Å². The van der Waals surface area contributed by atoms with Crippen molar-refractivity contribution in [1.82, 2.24) is 0 Å². The highest BCUT2D eigenvalue weighted by atomic mass is 15.0. The molecule has 0 spiro atoms. The summed E-state index contributed by atoms with van der Waals surface area (Å²) in [6.07, 6.45) is 0. The third-order valence-electron chi connectivity index (χ3n) is 3.69. The number of anilines is 5. The molecule has 0 atom stereocenters. The van der Waals surface area contributed by atoms with Crippen molar-refractivity contribution in [2.24, 2.45) is 0 Å². The molecule has 0 aromatic heterocycles. The highest BCUT2D eigenvalue weighted by Crippen LogP contribution is 2.31. The van der Waals surface area contributed by atoms with E-state index < -0.39 is 0 Å². The van der Waals surface area contributed by atoms with Crippen LogP contribution in [0.5, 0.6) is 0 Å². The number of para-hydroxylation sites is 4. The summed E-state index contributed by atoms with van der Waals surface area (Å²) in [5.74, 6) is 0. The quantitative estimate of drug-likeness (QED) is 0.580. The van der Waals surface area contributed by atoms with Crippen molar-refractivity contribution in [1.29, 1.82) is 0 Å². The van der Waals surface area contributed by atoms with Crippen LogP contribution in [-0.2, 0) is 0 Å². The Kier molecular flexibility index (Phi) is 4.48. The minimum atomic E-state index is 1.04. The van der Waals surface area contributed by atoms with Gasteiger partial charge < -0.3 is 16.0 Å². The third kappa shape index (κ3) is 3.64. The number of hydrogen-bond acceptors (Lipinski definition) is 3. The molecule has 0 heterocycles. The largest absolute Gasteiger partial charge is 0.386 e. The number of benzene rings is 3. The highest BCUT2D eigenvalue weighted by Gasteiger charge is 2.05. The molecule has 0 bridgehead atoms. The molecule has 0 radical (unpaired) electrons. The van der Waals surface area contributed by atoms with Crippen molar-refractivity contribution in [2.75, 3.05) is 23.0 Å². The zero-order valence-electron chi connectivity index (χ0n) is 13.4. The maximum atomic E-state index is 3.50. The van der Waals surface area contributed by atoms with E-state index in [0.29, 0.717) is 0 Å². The molecule has 23 heavy (non-hydrogen) atoms. The minimum absolute atomic E-state index is 1.04. The van der Waals surface area contributed by atoms with Crippen LogP contribution in [0.4, 0.5) is 28.4 Å². The second-order valence-electron chi connectivity index (χ2n) is 5.46.